The van der Waals surface area contributed by atoms with Crippen molar-refractivity contribution in [1.29, 1.82) is 5.26 Å². The zero-order valence-electron chi connectivity index (χ0n) is 20.9. The molecule has 0 saturated carbocycles. The third-order valence-corrected chi connectivity index (χ3v) is 7.25. The molecule has 0 N–H and O–H groups in total. The quantitative estimate of drug-likeness (QED) is 0.281. The monoisotopic (exact) mass is 581 g/mol. The average Bonchev–Trinajstić information content (AvgIpc) is 3.33. The zero-order chi connectivity index (χ0) is 25.4. The highest BCUT2D eigenvalue weighted by molar-refractivity contribution is 6.31. The lowest BCUT2D eigenvalue weighted by molar-refractivity contribution is -0.126. The maximum Gasteiger partial charge on any atom is 0.244 e. The molecule has 1 aromatic heterocycles. The number of piperazine rings is 1. The van der Waals surface area contributed by atoms with Crippen LogP contribution in [0.3, 0.4) is 0 Å². The number of hydrogen-bond donors (Lipinski definition) is 0. The second-order valence-corrected chi connectivity index (χ2v) is 9.76. The topological polar surface area (TPSA) is 74.4 Å². The van der Waals surface area contributed by atoms with Crippen molar-refractivity contribution < 1.29 is 9.53 Å². The molecule has 1 atom stereocenters. The van der Waals surface area contributed by atoms with E-state index in [1.807, 2.05) is 78.1 Å². The number of fused-ring (bicyclic) bond motifs is 5. The van der Waals surface area contributed by atoms with Gasteiger partial charge < -0.3 is 14.2 Å². The van der Waals surface area contributed by atoms with E-state index in [0.29, 0.717) is 54.7 Å². The predicted octanol–water partition coefficient (Wildman–Crippen LogP) is 5.87. The van der Waals surface area contributed by atoms with E-state index in [2.05, 4.69) is 20.5 Å². The van der Waals surface area contributed by atoms with Crippen LogP contribution in [0.2, 0.25) is 5.02 Å². The Morgan fingerprint density at radius 3 is 2.64 bits per heavy atom. The highest BCUT2D eigenvalue weighted by Gasteiger charge is 2.36. The number of halogens is 3. The summed E-state index contributed by atoms with van der Waals surface area (Å²) in [6, 6.07) is 22.6. The minimum absolute atomic E-state index is 0. The second-order valence-electron chi connectivity index (χ2n) is 9.33. The molecule has 3 aromatic carbocycles. The third-order valence-electron chi connectivity index (χ3n) is 7.01. The Kier molecular flexibility index (Phi) is 8.83. The standard InChI is InChI=1S/C29H24ClN5O2.2ClH/c30-23-5-3-6-24(14-23)35-11-10-33-18-25-16-32-19-34(25)17-20-8-9-22(15-31)28(12-20)37-27-7-2-1-4-21(27)13-26(33)29(35)36;;/h1-9,12,14,16,19,26H,10-11,13,17-18H2;2*1H. The van der Waals surface area contributed by atoms with Gasteiger partial charge in [-0.05, 0) is 47.5 Å². The summed E-state index contributed by atoms with van der Waals surface area (Å²) < 4.78 is 8.42. The van der Waals surface area contributed by atoms with Gasteiger partial charge in [-0.1, -0.05) is 41.9 Å². The van der Waals surface area contributed by atoms with Gasteiger partial charge in [-0.3, -0.25) is 9.69 Å². The Hall–Kier alpha value is -3.54. The van der Waals surface area contributed by atoms with Gasteiger partial charge >= 0.3 is 0 Å². The number of ether oxygens (including phenoxy) is 1. The van der Waals surface area contributed by atoms with Gasteiger partial charge in [0, 0.05) is 49.5 Å². The summed E-state index contributed by atoms with van der Waals surface area (Å²) >= 11 is 6.25. The molecule has 39 heavy (non-hydrogen) atoms. The number of benzene rings is 3. The van der Waals surface area contributed by atoms with Crippen LogP contribution in [0.4, 0.5) is 5.69 Å². The summed E-state index contributed by atoms with van der Waals surface area (Å²) in [5.74, 6) is 1.16. The minimum atomic E-state index is -0.417. The third kappa shape index (κ3) is 5.75. The molecular formula is C29H26Cl3N5O2. The zero-order valence-corrected chi connectivity index (χ0v) is 23.3. The number of anilines is 1. The summed E-state index contributed by atoms with van der Waals surface area (Å²) in [6.07, 6.45) is 4.13. The number of aromatic nitrogens is 2. The fourth-order valence-electron chi connectivity index (χ4n) is 5.10. The Morgan fingerprint density at radius 2 is 1.82 bits per heavy atom. The number of carbonyl (C=O) groups is 1. The summed E-state index contributed by atoms with van der Waals surface area (Å²) in [7, 11) is 0. The van der Waals surface area contributed by atoms with E-state index in [1.54, 1.807) is 6.07 Å². The lowest BCUT2D eigenvalue weighted by Gasteiger charge is -2.41. The van der Waals surface area contributed by atoms with Gasteiger partial charge in [0.2, 0.25) is 5.91 Å². The van der Waals surface area contributed by atoms with Gasteiger partial charge in [-0.15, -0.1) is 24.8 Å². The highest BCUT2D eigenvalue weighted by Crippen LogP contribution is 2.33. The molecule has 4 aromatic rings. The van der Waals surface area contributed by atoms with Crippen molar-refractivity contribution in [3.05, 3.63) is 107 Å². The number of nitrogens with zero attached hydrogens (tertiary/aromatic N) is 5. The van der Waals surface area contributed by atoms with Crippen molar-refractivity contribution in [2.75, 3.05) is 18.0 Å². The van der Waals surface area contributed by atoms with Gasteiger partial charge in [0.15, 0.2) is 0 Å². The Morgan fingerprint density at radius 1 is 0.974 bits per heavy atom. The first-order valence-corrected chi connectivity index (χ1v) is 12.6. The lowest BCUT2D eigenvalue weighted by Crippen LogP contribution is -2.57. The van der Waals surface area contributed by atoms with Crippen LogP contribution < -0.4 is 9.64 Å². The molecule has 0 radical (unpaired) electrons. The van der Waals surface area contributed by atoms with Crippen molar-refractivity contribution in [2.45, 2.75) is 25.6 Å². The van der Waals surface area contributed by atoms with E-state index in [-0.39, 0.29) is 30.7 Å². The van der Waals surface area contributed by atoms with Crippen molar-refractivity contribution in [2.24, 2.45) is 0 Å². The van der Waals surface area contributed by atoms with Crippen LogP contribution in [0.5, 0.6) is 11.5 Å². The molecule has 1 fully saturated rings. The summed E-state index contributed by atoms with van der Waals surface area (Å²) in [5.41, 5.74) is 4.18. The fraction of sp³-hybridized carbons (Fsp3) is 0.207. The van der Waals surface area contributed by atoms with Crippen molar-refractivity contribution in [3.63, 3.8) is 0 Å². The van der Waals surface area contributed by atoms with Crippen molar-refractivity contribution in [1.82, 2.24) is 14.5 Å². The first-order chi connectivity index (χ1) is 18.1. The molecule has 1 saturated heterocycles. The Bertz CT molecular complexity index is 1530. The molecule has 0 spiro atoms. The molecule has 200 valence electrons. The Balaban J connectivity index is 0.00000176. The van der Waals surface area contributed by atoms with Gasteiger partial charge in [0.1, 0.15) is 17.6 Å². The molecule has 10 heteroatoms. The first kappa shape index (κ1) is 28.5. The first-order valence-electron chi connectivity index (χ1n) is 12.2. The van der Waals surface area contributed by atoms with E-state index >= 15 is 0 Å². The van der Waals surface area contributed by atoms with Crippen molar-refractivity contribution >= 4 is 48.0 Å². The van der Waals surface area contributed by atoms with Gasteiger partial charge in [0.05, 0.1) is 23.6 Å². The average molecular weight is 583 g/mol. The second kappa shape index (κ2) is 12.1. The van der Waals surface area contributed by atoms with E-state index in [0.717, 1.165) is 22.5 Å². The molecular weight excluding hydrogens is 557 g/mol. The smallest absolute Gasteiger partial charge is 0.244 e. The van der Waals surface area contributed by atoms with E-state index in [1.165, 1.54) is 0 Å². The number of para-hydroxylation sites is 1. The fourth-order valence-corrected chi connectivity index (χ4v) is 5.29. The van der Waals surface area contributed by atoms with Gasteiger partial charge in [0.25, 0.3) is 0 Å². The molecule has 6 rings (SSSR count). The van der Waals surface area contributed by atoms with E-state index in [4.69, 9.17) is 16.3 Å². The van der Waals surface area contributed by atoms with Crippen LogP contribution in [-0.2, 0) is 24.3 Å². The molecule has 7 nitrogen and oxygen atoms in total. The van der Waals surface area contributed by atoms with Crippen LogP contribution in [0.25, 0.3) is 0 Å². The number of hydrogen-bond acceptors (Lipinski definition) is 5. The van der Waals surface area contributed by atoms with E-state index in [9.17, 15) is 10.1 Å². The minimum Gasteiger partial charge on any atom is -0.456 e. The van der Waals surface area contributed by atoms with Crippen LogP contribution >= 0.6 is 36.4 Å². The van der Waals surface area contributed by atoms with Crippen LogP contribution in [0.1, 0.15) is 22.4 Å². The molecule has 1 unspecified atom stereocenters. The number of amides is 1. The Labute approximate surface area is 244 Å². The van der Waals surface area contributed by atoms with E-state index < -0.39 is 6.04 Å². The lowest BCUT2D eigenvalue weighted by atomic mass is 9.99. The predicted molar refractivity (Wildman–Crippen MR) is 155 cm³/mol. The summed E-state index contributed by atoms with van der Waals surface area (Å²) in [5, 5.41) is 10.3. The summed E-state index contributed by atoms with van der Waals surface area (Å²) in [6.45, 7) is 2.43. The van der Waals surface area contributed by atoms with Crippen molar-refractivity contribution in [3.8, 4) is 17.6 Å². The number of nitriles is 1. The van der Waals surface area contributed by atoms with Crippen LogP contribution in [0, 0.1) is 11.3 Å². The van der Waals surface area contributed by atoms with Gasteiger partial charge in [-0.25, -0.2) is 4.98 Å². The number of rotatable bonds is 1. The molecule has 2 aliphatic heterocycles. The SMILES string of the molecule is Cl.Cl.N#Cc1ccc2cc1Oc1ccccc1CC1C(=O)N(c3cccc(Cl)c3)CCN1Cc1cncn1C2. The normalized spacial score (nSPS) is 16.8. The maximum atomic E-state index is 14.0. The molecule has 1 amide bonds. The largest absolute Gasteiger partial charge is 0.456 e. The summed E-state index contributed by atoms with van der Waals surface area (Å²) in [4.78, 5) is 22.4. The van der Waals surface area contributed by atoms with Crippen LogP contribution in [0.15, 0.2) is 79.3 Å². The molecule has 2 aliphatic rings. The number of imidazole rings is 1. The van der Waals surface area contributed by atoms with Crippen LogP contribution in [-0.4, -0.2) is 39.5 Å². The highest BCUT2D eigenvalue weighted by atomic mass is 35.5. The molecule has 0 aliphatic carbocycles. The molecule has 3 heterocycles. The maximum absolute atomic E-state index is 14.0. The molecule has 2 bridgehead atoms. The van der Waals surface area contributed by atoms with Gasteiger partial charge in [-0.2, -0.15) is 5.26 Å². The number of carbonyl (C=O) groups excluding carboxylic acids is 1.